The maximum absolute atomic E-state index is 10.9. The van der Waals surface area contributed by atoms with Gasteiger partial charge in [0, 0.05) is 19.0 Å². The number of ether oxygens (including phenoxy) is 1. The molecule has 0 aliphatic carbocycles. The summed E-state index contributed by atoms with van der Waals surface area (Å²) in [6.07, 6.45) is 0.0399. The van der Waals surface area contributed by atoms with Gasteiger partial charge in [-0.2, -0.15) is 0 Å². The van der Waals surface area contributed by atoms with Crippen LogP contribution in [0.5, 0.6) is 5.75 Å². The summed E-state index contributed by atoms with van der Waals surface area (Å²) in [5.41, 5.74) is 0. The van der Waals surface area contributed by atoms with Crippen LogP contribution in [0.1, 0.15) is 6.42 Å². The zero-order chi connectivity index (χ0) is 13.9. The van der Waals surface area contributed by atoms with Crippen LogP contribution in [0.25, 0.3) is 10.8 Å². The van der Waals surface area contributed by atoms with Gasteiger partial charge in [0.2, 0.25) is 0 Å². The zero-order valence-electron chi connectivity index (χ0n) is 11.2. The summed E-state index contributed by atoms with van der Waals surface area (Å²) in [5, 5.41) is 11.3. The molecule has 0 unspecified atom stereocenters. The minimum Gasteiger partial charge on any atom is -0.493 e. The molecule has 1 heterocycles. The maximum atomic E-state index is 10.9. The molecule has 4 nitrogen and oxygen atoms in total. The Morgan fingerprint density at radius 3 is 2.80 bits per heavy atom. The Morgan fingerprint density at radius 1 is 1.25 bits per heavy atom. The quantitative estimate of drug-likeness (QED) is 0.932. The summed E-state index contributed by atoms with van der Waals surface area (Å²) >= 11 is 0. The van der Waals surface area contributed by atoms with E-state index in [-0.39, 0.29) is 5.92 Å². The fourth-order valence-corrected chi connectivity index (χ4v) is 2.61. The normalized spacial score (nSPS) is 18.4. The van der Waals surface area contributed by atoms with E-state index in [1.165, 1.54) is 10.3 Å². The molecule has 0 aromatic heterocycles. The Bertz CT molecular complexity index is 626. The van der Waals surface area contributed by atoms with Crippen molar-refractivity contribution in [1.82, 2.24) is 4.90 Å². The summed E-state index contributed by atoms with van der Waals surface area (Å²) in [7, 11) is 0. The zero-order valence-corrected chi connectivity index (χ0v) is 11.2. The molecule has 2 aromatic rings. The van der Waals surface area contributed by atoms with Crippen molar-refractivity contribution < 1.29 is 14.6 Å². The number of carbonyl (C=O) groups is 1. The predicted octanol–water partition coefficient (Wildman–Crippen LogP) is 3.22. The molecule has 1 fully saturated rings. The molecule has 0 saturated carbocycles. The monoisotopic (exact) mass is 271 g/mol. The second-order valence-corrected chi connectivity index (χ2v) is 5.20. The Hall–Kier alpha value is -2.23. The van der Waals surface area contributed by atoms with Crippen LogP contribution < -0.4 is 4.74 Å². The molecule has 1 N–H and O–H groups in total. The minimum atomic E-state index is -0.835. The largest absolute Gasteiger partial charge is 0.493 e. The van der Waals surface area contributed by atoms with E-state index in [0.29, 0.717) is 19.7 Å². The number of likely N-dealkylation sites (tertiary alicyclic amines) is 1. The van der Waals surface area contributed by atoms with Crippen LogP contribution in [-0.4, -0.2) is 35.8 Å². The lowest BCUT2D eigenvalue weighted by Gasteiger charge is -2.13. The van der Waals surface area contributed by atoms with Crippen molar-refractivity contribution in [1.29, 1.82) is 0 Å². The van der Waals surface area contributed by atoms with Crippen molar-refractivity contribution in [3.63, 3.8) is 0 Å². The van der Waals surface area contributed by atoms with Crippen LogP contribution in [0, 0.1) is 5.92 Å². The van der Waals surface area contributed by atoms with E-state index in [1.54, 1.807) is 0 Å². The highest BCUT2D eigenvalue weighted by Crippen LogP contribution is 2.22. The Balaban J connectivity index is 1.61. The molecule has 4 heteroatoms. The molecule has 1 saturated heterocycles. The van der Waals surface area contributed by atoms with Gasteiger partial charge in [-0.15, -0.1) is 0 Å². The number of carboxylic acid groups (broad SMARTS) is 1. The SMILES string of the molecule is O=C(O)N1CC[C@@H](COc2ccc3ccccc3c2)C1. The van der Waals surface area contributed by atoms with Crippen LogP contribution >= 0.6 is 0 Å². The first-order chi connectivity index (χ1) is 9.72. The van der Waals surface area contributed by atoms with Crippen molar-refractivity contribution in [2.45, 2.75) is 6.42 Å². The first-order valence-electron chi connectivity index (χ1n) is 6.82. The molecule has 1 aliphatic heterocycles. The number of hydrogen-bond acceptors (Lipinski definition) is 2. The van der Waals surface area contributed by atoms with Crippen molar-refractivity contribution >= 4 is 16.9 Å². The van der Waals surface area contributed by atoms with Crippen molar-refractivity contribution in [2.75, 3.05) is 19.7 Å². The van der Waals surface area contributed by atoms with Gasteiger partial charge in [-0.1, -0.05) is 30.3 Å². The van der Waals surface area contributed by atoms with Gasteiger partial charge >= 0.3 is 6.09 Å². The highest BCUT2D eigenvalue weighted by atomic mass is 16.5. The molecule has 0 spiro atoms. The number of rotatable bonds is 3. The number of nitrogens with zero attached hydrogens (tertiary/aromatic N) is 1. The summed E-state index contributed by atoms with van der Waals surface area (Å²) < 4.78 is 5.81. The molecular weight excluding hydrogens is 254 g/mol. The van der Waals surface area contributed by atoms with E-state index < -0.39 is 6.09 Å². The molecule has 0 bridgehead atoms. The molecule has 2 aromatic carbocycles. The molecule has 20 heavy (non-hydrogen) atoms. The average Bonchev–Trinajstić information content (AvgIpc) is 2.94. The van der Waals surface area contributed by atoms with Gasteiger partial charge in [-0.3, -0.25) is 0 Å². The van der Waals surface area contributed by atoms with Gasteiger partial charge in [0.25, 0.3) is 0 Å². The molecule has 1 amide bonds. The smallest absolute Gasteiger partial charge is 0.407 e. The summed E-state index contributed by atoms with van der Waals surface area (Å²) in [6, 6.07) is 14.2. The molecular formula is C16H17NO3. The van der Waals surface area contributed by atoms with Gasteiger partial charge < -0.3 is 14.7 Å². The third-order valence-electron chi connectivity index (χ3n) is 3.76. The highest BCUT2D eigenvalue weighted by Gasteiger charge is 2.26. The Morgan fingerprint density at radius 2 is 2.05 bits per heavy atom. The van der Waals surface area contributed by atoms with E-state index in [1.807, 2.05) is 30.3 Å². The number of hydrogen-bond donors (Lipinski definition) is 1. The fourth-order valence-electron chi connectivity index (χ4n) is 2.61. The van der Waals surface area contributed by atoms with Crippen LogP contribution in [-0.2, 0) is 0 Å². The van der Waals surface area contributed by atoms with Crippen molar-refractivity contribution in [3.8, 4) is 5.75 Å². The van der Waals surface area contributed by atoms with Crippen LogP contribution in [0.15, 0.2) is 42.5 Å². The second-order valence-electron chi connectivity index (χ2n) is 5.20. The van der Waals surface area contributed by atoms with E-state index in [9.17, 15) is 4.79 Å². The summed E-state index contributed by atoms with van der Waals surface area (Å²) in [6.45, 7) is 1.76. The van der Waals surface area contributed by atoms with E-state index >= 15 is 0 Å². The number of benzene rings is 2. The van der Waals surface area contributed by atoms with E-state index in [2.05, 4.69) is 12.1 Å². The lowest BCUT2D eigenvalue weighted by Crippen LogP contribution is -2.27. The molecule has 1 atom stereocenters. The van der Waals surface area contributed by atoms with Gasteiger partial charge in [0.15, 0.2) is 0 Å². The lowest BCUT2D eigenvalue weighted by atomic mass is 10.1. The second kappa shape index (κ2) is 5.41. The molecule has 1 aliphatic rings. The predicted molar refractivity (Wildman–Crippen MR) is 77.1 cm³/mol. The molecule has 0 radical (unpaired) electrons. The first kappa shape index (κ1) is 12.8. The fraction of sp³-hybridized carbons (Fsp3) is 0.312. The lowest BCUT2D eigenvalue weighted by molar-refractivity contribution is 0.151. The van der Waals surface area contributed by atoms with Crippen molar-refractivity contribution in [3.05, 3.63) is 42.5 Å². The number of amides is 1. The van der Waals surface area contributed by atoms with E-state index in [0.717, 1.165) is 17.6 Å². The minimum absolute atomic E-state index is 0.289. The number of fused-ring (bicyclic) bond motifs is 1. The van der Waals surface area contributed by atoms with Crippen LogP contribution in [0.4, 0.5) is 4.79 Å². The van der Waals surface area contributed by atoms with E-state index in [4.69, 9.17) is 9.84 Å². The van der Waals surface area contributed by atoms with Gasteiger partial charge in [-0.25, -0.2) is 4.79 Å². The Labute approximate surface area is 117 Å². The summed E-state index contributed by atoms with van der Waals surface area (Å²) in [4.78, 5) is 12.3. The van der Waals surface area contributed by atoms with Gasteiger partial charge in [0.05, 0.1) is 6.61 Å². The first-order valence-corrected chi connectivity index (χ1v) is 6.82. The highest BCUT2D eigenvalue weighted by molar-refractivity contribution is 5.83. The molecule has 104 valence electrons. The van der Waals surface area contributed by atoms with Gasteiger partial charge in [0.1, 0.15) is 5.75 Å². The van der Waals surface area contributed by atoms with Crippen LogP contribution in [0.3, 0.4) is 0 Å². The Kier molecular flexibility index (Phi) is 3.46. The third-order valence-corrected chi connectivity index (χ3v) is 3.76. The summed E-state index contributed by atoms with van der Waals surface area (Å²) in [5.74, 6) is 1.13. The standard InChI is InChI=1S/C16H17NO3/c18-16(19)17-8-7-12(10-17)11-20-15-6-5-13-3-1-2-4-14(13)9-15/h1-6,9,12H,7-8,10-11H2,(H,18,19)/t12-/m1/s1. The molecule has 3 rings (SSSR count). The average molecular weight is 271 g/mol. The topological polar surface area (TPSA) is 49.8 Å². The van der Waals surface area contributed by atoms with Crippen molar-refractivity contribution in [2.24, 2.45) is 5.92 Å². The van der Waals surface area contributed by atoms with Crippen LogP contribution in [0.2, 0.25) is 0 Å². The third kappa shape index (κ3) is 2.69. The van der Waals surface area contributed by atoms with Gasteiger partial charge in [-0.05, 0) is 29.3 Å². The maximum Gasteiger partial charge on any atom is 0.407 e.